The van der Waals surface area contributed by atoms with Crippen molar-refractivity contribution < 1.29 is 13.9 Å². The molecule has 0 atom stereocenters. The Hall–Kier alpha value is -2.23. The number of halogens is 1. The number of nitrogens with zero attached hydrogens (tertiary/aromatic N) is 1. The summed E-state index contributed by atoms with van der Waals surface area (Å²) in [6.07, 6.45) is 1.58. The van der Waals surface area contributed by atoms with Gasteiger partial charge in [0.1, 0.15) is 5.75 Å². The second-order valence-electron chi connectivity index (χ2n) is 5.32. The summed E-state index contributed by atoms with van der Waals surface area (Å²) in [6.45, 7) is 4.67. The molecule has 1 aromatic carbocycles. The van der Waals surface area contributed by atoms with E-state index in [-0.39, 0.29) is 47.7 Å². The van der Waals surface area contributed by atoms with Gasteiger partial charge in [-0.05, 0) is 50.2 Å². The fourth-order valence-corrected chi connectivity index (χ4v) is 1.92. The molecule has 1 aromatic heterocycles. The molecule has 0 fully saturated rings. The molecule has 7 nitrogen and oxygen atoms in total. The Labute approximate surface area is 164 Å². The average molecular weight is 458 g/mol. The first kappa shape index (κ1) is 20.8. The van der Waals surface area contributed by atoms with Gasteiger partial charge in [-0.1, -0.05) is 0 Å². The molecule has 0 radical (unpaired) electrons. The maximum absolute atomic E-state index is 11.6. The Morgan fingerprint density at radius 2 is 2.00 bits per heavy atom. The zero-order valence-corrected chi connectivity index (χ0v) is 16.5. The number of hydrogen-bond acceptors (Lipinski definition) is 4. The lowest BCUT2D eigenvalue weighted by Gasteiger charge is -2.11. The van der Waals surface area contributed by atoms with Crippen molar-refractivity contribution >= 4 is 41.5 Å². The highest BCUT2D eigenvalue weighted by Crippen LogP contribution is 2.16. The summed E-state index contributed by atoms with van der Waals surface area (Å²) in [5.74, 6) is 1.07. The normalized spacial score (nSPS) is 10.9. The summed E-state index contributed by atoms with van der Waals surface area (Å²) in [5, 5.41) is 5.67. The highest BCUT2D eigenvalue weighted by Gasteiger charge is 2.06. The minimum atomic E-state index is -0.275. The highest BCUT2D eigenvalue weighted by molar-refractivity contribution is 14.0. The van der Waals surface area contributed by atoms with Crippen LogP contribution in [0.25, 0.3) is 0 Å². The Kier molecular flexibility index (Phi) is 8.82. The van der Waals surface area contributed by atoms with Crippen molar-refractivity contribution in [2.75, 3.05) is 18.4 Å². The van der Waals surface area contributed by atoms with Crippen LogP contribution in [0.3, 0.4) is 0 Å². The van der Waals surface area contributed by atoms with Gasteiger partial charge in [0.05, 0.1) is 18.9 Å². The Balaban J connectivity index is 0.00000312. The van der Waals surface area contributed by atoms with Gasteiger partial charge in [-0.2, -0.15) is 0 Å². The van der Waals surface area contributed by atoms with Crippen LogP contribution < -0.4 is 21.1 Å². The van der Waals surface area contributed by atoms with Gasteiger partial charge in [0.2, 0.25) is 0 Å². The molecule has 0 saturated heterocycles. The van der Waals surface area contributed by atoms with Crippen LogP contribution in [-0.4, -0.2) is 31.1 Å². The maximum atomic E-state index is 11.6. The van der Waals surface area contributed by atoms with Crippen molar-refractivity contribution in [3.05, 3.63) is 48.4 Å². The topological polar surface area (TPSA) is 102 Å². The Morgan fingerprint density at radius 3 is 2.60 bits per heavy atom. The molecule has 2 aromatic rings. The summed E-state index contributed by atoms with van der Waals surface area (Å²) in [6, 6.07) is 10.7. The number of furan rings is 1. The maximum Gasteiger partial charge on any atom is 0.287 e. The summed E-state index contributed by atoms with van der Waals surface area (Å²) in [5.41, 5.74) is 6.62. The first-order valence-corrected chi connectivity index (χ1v) is 7.70. The van der Waals surface area contributed by atoms with E-state index in [2.05, 4.69) is 15.6 Å². The van der Waals surface area contributed by atoms with Gasteiger partial charge < -0.3 is 25.5 Å². The van der Waals surface area contributed by atoms with Gasteiger partial charge in [0.15, 0.2) is 11.7 Å². The number of nitrogens with one attached hydrogen (secondary N) is 2. The Morgan fingerprint density at radius 1 is 1.28 bits per heavy atom. The van der Waals surface area contributed by atoms with Crippen molar-refractivity contribution in [1.82, 2.24) is 5.32 Å². The fourth-order valence-electron chi connectivity index (χ4n) is 1.92. The number of benzene rings is 1. The van der Waals surface area contributed by atoms with Gasteiger partial charge in [0.25, 0.3) is 5.91 Å². The minimum Gasteiger partial charge on any atom is -0.491 e. The molecule has 8 heteroatoms. The van der Waals surface area contributed by atoms with Crippen LogP contribution in [0.4, 0.5) is 5.69 Å². The first-order valence-electron chi connectivity index (χ1n) is 7.70. The van der Waals surface area contributed by atoms with E-state index in [1.165, 1.54) is 6.26 Å². The number of ether oxygens (including phenoxy) is 1. The molecule has 0 aliphatic carbocycles. The molecule has 136 valence electrons. The first-order chi connectivity index (χ1) is 11.5. The Bertz CT molecular complexity index is 670. The van der Waals surface area contributed by atoms with Crippen LogP contribution in [0.1, 0.15) is 24.4 Å². The molecule has 1 amide bonds. The third kappa shape index (κ3) is 7.46. The molecule has 0 saturated carbocycles. The lowest BCUT2D eigenvalue weighted by Crippen LogP contribution is -2.28. The molecule has 0 spiro atoms. The second kappa shape index (κ2) is 10.6. The SMILES string of the molecule is CC(C)Oc1ccc(NC(N)=NCCNC(=O)c2ccco2)cc1.I. The largest absolute Gasteiger partial charge is 0.491 e. The number of aliphatic imine (C=N–C) groups is 1. The molecule has 25 heavy (non-hydrogen) atoms. The quantitative estimate of drug-likeness (QED) is 0.256. The molecule has 0 bridgehead atoms. The van der Waals surface area contributed by atoms with Crippen LogP contribution in [-0.2, 0) is 0 Å². The highest BCUT2D eigenvalue weighted by atomic mass is 127. The minimum absolute atomic E-state index is 0. The summed E-state index contributed by atoms with van der Waals surface area (Å²) >= 11 is 0. The van der Waals surface area contributed by atoms with Crippen LogP contribution in [0.2, 0.25) is 0 Å². The number of carbonyl (C=O) groups is 1. The van der Waals surface area contributed by atoms with E-state index >= 15 is 0 Å². The standard InChI is InChI=1S/C17H22N4O3.HI/c1-12(2)24-14-7-5-13(6-8-14)21-17(18)20-10-9-19-16(22)15-4-3-11-23-15;/h3-8,11-12H,9-10H2,1-2H3,(H,19,22)(H3,18,20,21);1H. The smallest absolute Gasteiger partial charge is 0.287 e. The molecule has 0 aliphatic rings. The van der Waals surface area contributed by atoms with Gasteiger partial charge in [0, 0.05) is 12.2 Å². The van der Waals surface area contributed by atoms with Crippen molar-refractivity contribution in [3.8, 4) is 5.75 Å². The van der Waals surface area contributed by atoms with Gasteiger partial charge in [-0.25, -0.2) is 0 Å². The van der Waals surface area contributed by atoms with Gasteiger partial charge in [-0.15, -0.1) is 24.0 Å². The summed E-state index contributed by atoms with van der Waals surface area (Å²) in [4.78, 5) is 15.8. The average Bonchev–Trinajstić information content (AvgIpc) is 3.07. The van der Waals surface area contributed by atoms with Crippen molar-refractivity contribution in [2.24, 2.45) is 10.7 Å². The third-order valence-corrected chi connectivity index (χ3v) is 2.92. The van der Waals surface area contributed by atoms with E-state index < -0.39 is 0 Å². The van der Waals surface area contributed by atoms with Gasteiger partial charge >= 0.3 is 0 Å². The number of carbonyl (C=O) groups excluding carboxylic acids is 1. The molecule has 0 aliphatic heterocycles. The number of nitrogens with two attached hydrogens (primary N) is 1. The van der Waals surface area contributed by atoms with Crippen LogP contribution >= 0.6 is 24.0 Å². The lowest BCUT2D eigenvalue weighted by molar-refractivity contribution is 0.0927. The van der Waals surface area contributed by atoms with Crippen LogP contribution in [0.15, 0.2) is 52.1 Å². The van der Waals surface area contributed by atoms with E-state index in [1.54, 1.807) is 12.1 Å². The zero-order chi connectivity index (χ0) is 17.4. The zero-order valence-electron chi connectivity index (χ0n) is 14.2. The molecule has 0 unspecified atom stereocenters. The number of rotatable bonds is 7. The van der Waals surface area contributed by atoms with Crippen LogP contribution in [0.5, 0.6) is 5.75 Å². The number of amides is 1. The van der Waals surface area contributed by atoms with E-state index in [9.17, 15) is 4.79 Å². The van der Waals surface area contributed by atoms with E-state index in [1.807, 2.05) is 38.1 Å². The third-order valence-electron chi connectivity index (χ3n) is 2.92. The van der Waals surface area contributed by atoms with E-state index in [0.29, 0.717) is 13.1 Å². The van der Waals surface area contributed by atoms with Crippen molar-refractivity contribution in [1.29, 1.82) is 0 Å². The van der Waals surface area contributed by atoms with E-state index in [4.69, 9.17) is 14.9 Å². The molecular formula is C17H23IN4O3. The van der Waals surface area contributed by atoms with Crippen LogP contribution in [0, 0.1) is 0 Å². The fraction of sp³-hybridized carbons (Fsp3) is 0.294. The van der Waals surface area contributed by atoms with Crippen molar-refractivity contribution in [2.45, 2.75) is 20.0 Å². The summed E-state index contributed by atoms with van der Waals surface area (Å²) < 4.78 is 10.6. The van der Waals surface area contributed by atoms with Gasteiger partial charge in [-0.3, -0.25) is 9.79 Å². The second-order valence-corrected chi connectivity index (χ2v) is 5.32. The van der Waals surface area contributed by atoms with Crippen molar-refractivity contribution in [3.63, 3.8) is 0 Å². The molecule has 4 N–H and O–H groups in total. The number of anilines is 1. The number of hydrogen-bond donors (Lipinski definition) is 3. The molecule has 1 heterocycles. The predicted molar refractivity (Wildman–Crippen MR) is 109 cm³/mol. The number of guanidine groups is 1. The summed E-state index contributed by atoms with van der Waals surface area (Å²) in [7, 11) is 0. The molecular weight excluding hydrogens is 435 g/mol. The lowest BCUT2D eigenvalue weighted by atomic mass is 10.3. The van der Waals surface area contributed by atoms with E-state index in [0.717, 1.165) is 11.4 Å². The predicted octanol–water partition coefficient (Wildman–Crippen LogP) is 2.84. The monoisotopic (exact) mass is 458 g/mol. The molecule has 2 rings (SSSR count).